The van der Waals surface area contributed by atoms with Crippen molar-refractivity contribution in [3.8, 4) is 0 Å². The normalized spacial score (nSPS) is 21.8. The zero-order valence-corrected chi connectivity index (χ0v) is 16.4. The van der Waals surface area contributed by atoms with E-state index in [1.807, 2.05) is 0 Å². The lowest BCUT2D eigenvalue weighted by molar-refractivity contribution is 0.143. The third kappa shape index (κ3) is 3.11. The first-order valence-corrected chi connectivity index (χ1v) is 11.2. The Balaban J connectivity index is 1.48. The standard InChI is InChI=1S/C19H28N4O2S/c1-12(2)23-10-15(11-23)26(20,25)22-19(24)21-18-16-7-3-5-13(16)9-14-6-4-8-17(14)18/h9,12,15H,3-8,10-11H2,1-2H3,(H3,20,21,22,24,25). The van der Waals surface area contributed by atoms with E-state index in [0.29, 0.717) is 19.1 Å². The van der Waals surface area contributed by atoms with E-state index in [4.69, 9.17) is 4.78 Å². The molecular formula is C19H28N4O2S. The van der Waals surface area contributed by atoms with Crippen molar-refractivity contribution >= 4 is 21.6 Å². The molecule has 2 amide bonds. The molecule has 1 fully saturated rings. The summed E-state index contributed by atoms with van der Waals surface area (Å²) in [7, 11) is -3.14. The van der Waals surface area contributed by atoms with Crippen molar-refractivity contribution in [2.75, 3.05) is 18.4 Å². The smallest absolute Gasteiger partial charge is 0.307 e. The summed E-state index contributed by atoms with van der Waals surface area (Å²) in [6, 6.07) is 2.20. The van der Waals surface area contributed by atoms with Gasteiger partial charge in [0, 0.05) is 24.8 Å². The quantitative estimate of drug-likeness (QED) is 0.755. The van der Waals surface area contributed by atoms with Gasteiger partial charge in [0.2, 0.25) is 0 Å². The van der Waals surface area contributed by atoms with Crippen LogP contribution < -0.4 is 10.0 Å². The molecule has 1 saturated heterocycles. The van der Waals surface area contributed by atoms with Gasteiger partial charge >= 0.3 is 6.03 Å². The molecule has 1 aromatic rings. The number of rotatable bonds is 4. The molecule has 1 aromatic carbocycles. The molecule has 3 aliphatic rings. The molecule has 1 unspecified atom stereocenters. The van der Waals surface area contributed by atoms with E-state index in [1.54, 1.807) is 0 Å². The third-order valence-corrected chi connectivity index (χ3v) is 7.76. The highest BCUT2D eigenvalue weighted by Gasteiger charge is 2.37. The van der Waals surface area contributed by atoms with Gasteiger partial charge in [0.25, 0.3) is 0 Å². The number of anilines is 1. The van der Waals surface area contributed by atoms with Crippen molar-refractivity contribution in [3.63, 3.8) is 0 Å². The van der Waals surface area contributed by atoms with Crippen LogP contribution in [0.15, 0.2) is 6.07 Å². The monoisotopic (exact) mass is 376 g/mol. The number of fused-ring (bicyclic) bond motifs is 2. The number of nitrogens with zero attached hydrogens (tertiary/aromatic N) is 1. The van der Waals surface area contributed by atoms with Crippen LogP contribution in [0.25, 0.3) is 0 Å². The van der Waals surface area contributed by atoms with Crippen LogP contribution in [0.1, 0.15) is 48.9 Å². The first-order valence-electron chi connectivity index (χ1n) is 9.62. The fourth-order valence-electron chi connectivity index (χ4n) is 4.43. The second kappa shape index (κ2) is 6.53. The van der Waals surface area contributed by atoms with Crippen molar-refractivity contribution in [1.82, 2.24) is 9.62 Å². The topological polar surface area (TPSA) is 85.3 Å². The van der Waals surface area contributed by atoms with Gasteiger partial charge in [-0.3, -0.25) is 9.62 Å². The molecule has 1 aliphatic heterocycles. The Labute approximate surface area is 155 Å². The van der Waals surface area contributed by atoms with Crippen LogP contribution in [-0.2, 0) is 35.6 Å². The van der Waals surface area contributed by atoms with Gasteiger partial charge in [-0.25, -0.2) is 13.8 Å². The van der Waals surface area contributed by atoms with Crippen LogP contribution in [0.5, 0.6) is 0 Å². The van der Waals surface area contributed by atoms with E-state index in [2.05, 4.69) is 34.9 Å². The number of amides is 2. The number of carbonyl (C=O) groups is 1. The molecule has 7 heteroatoms. The number of carbonyl (C=O) groups excluding carboxylic acids is 1. The molecule has 0 aromatic heterocycles. The highest BCUT2D eigenvalue weighted by atomic mass is 32.2. The largest absolute Gasteiger partial charge is 0.331 e. The Morgan fingerprint density at radius 2 is 1.73 bits per heavy atom. The Kier molecular flexibility index (Phi) is 4.47. The molecule has 2 aliphatic carbocycles. The zero-order valence-electron chi connectivity index (χ0n) is 15.6. The van der Waals surface area contributed by atoms with Crippen LogP contribution in [0.2, 0.25) is 0 Å². The highest BCUT2D eigenvalue weighted by molar-refractivity contribution is 7.91. The number of likely N-dealkylation sites (tertiary alicyclic amines) is 1. The Hall–Kier alpha value is -1.60. The minimum absolute atomic E-state index is 0.289. The molecule has 0 spiro atoms. The van der Waals surface area contributed by atoms with Crippen molar-refractivity contribution in [3.05, 3.63) is 28.3 Å². The van der Waals surface area contributed by atoms with Gasteiger partial charge in [-0.1, -0.05) is 6.07 Å². The first kappa shape index (κ1) is 17.8. The Morgan fingerprint density at radius 1 is 1.15 bits per heavy atom. The lowest BCUT2D eigenvalue weighted by Gasteiger charge is -2.42. The van der Waals surface area contributed by atoms with Gasteiger partial charge in [-0.05, 0) is 74.6 Å². The summed E-state index contributed by atoms with van der Waals surface area (Å²) in [6.45, 7) is 5.38. The fraction of sp³-hybridized carbons (Fsp3) is 0.632. The lowest BCUT2D eigenvalue weighted by Crippen LogP contribution is -2.59. The van der Waals surface area contributed by atoms with Crippen LogP contribution in [0.3, 0.4) is 0 Å². The molecule has 4 rings (SSSR count). The van der Waals surface area contributed by atoms with E-state index in [-0.39, 0.29) is 5.25 Å². The lowest BCUT2D eigenvalue weighted by atomic mass is 9.99. The van der Waals surface area contributed by atoms with E-state index >= 15 is 0 Å². The minimum atomic E-state index is -3.14. The number of aryl methyl sites for hydroxylation is 2. The van der Waals surface area contributed by atoms with Gasteiger partial charge in [0.15, 0.2) is 0 Å². The molecule has 0 radical (unpaired) electrons. The van der Waals surface area contributed by atoms with E-state index in [0.717, 1.165) is 44.2 Å². The van der Waals surface area contributed by atoms with Crippen molar-refractivity contribution < 1.29 is 9.00 Å². The van der Waals surface area contributed by atoms with Crippen molar-refractivity contribution in [1.29, 1.82) is 4.78 Å². The maximum Gasteiger partial charge on any atom is 0.331 e. The van der Waals surface area contributed by atoms with Gasteiger partial charge < -0.3 is 5.32 Å². The van der Waals surface area contributed by atoms with Crippen molar-refractivity contribution in [2.45, 2.75) is 63.7 Å². The second-order valence-corrected chi connectivity index (χ2v) is 10.1. The van der Waals surface area contributed by atoms with E-state index < -0.39 is 15.9 Å². The molecule has 3 N–H and O–H groups in total. The zero-order chi connectivity index (χ0) is 18.5. The molecule has 0 saturated carbocycles. The van der Waals surface area contributed by atoms with Crippen LogP contribution in [-0.4, -0.2) is 39.5 Å². The summed E-state index contributed by atoms with van der Waals surface area (Å²) in [5.74, 6) is 0. The summed E-state index contributed by atoms with van der Waals surface area (Å²) in [5.41, 5.74) is 6.11. The number of urea groups is 1. The van der Waals surface area contributed by atoms with Gasteiger partial charge in [-0.2, -0.15) is 0 Å². The molecule has 6 nitrogen and oxygen atoms in total. The SMILES string of the molecule is CC(C)N1CC(S(=N)(=O)NC(=O)Nc2c3c(cc4c2CCC4)CCC3)C1. The average molecular weight is 377 g/mol. The molecular weight excluding hydrogens is 348 g/mol. The van der Waals surface area contributed by atoms with E-state index in [9.17, 15) is 9.00 Å². The van der Waals surface area contributed by atoms with Crippen LogP contribution in [0, 0.1) is 4.78 Å². The fourth-order valence-corrected chi connectivity index (χ4v) is 5.72. The molecule has 0 bridgehead atoms. The number of nitrogens with one attached hydrogen (secondary N) is 3. The summed E-state index contributed by atoms with van der Waals surface area (Å²) < 4.78 is 23.3. The summed E-state index contributed by atoms with van der Waals surface area (Å²) in [6.07, 6.45) is 6.36. The van der Waals surface area contributed by atoms with Crippen molar-refractivity contribution in [2.24, 2.45) is 0 Å². The number of hydrogen-bond acceptors (Lipinski definition) is 4. The third-order valence-electron chi connectivity index (χ3n) is 6.03. The molecule has 1 atom stereocenters. The number of hydrogen-bond donors (Lipinski definition) is 3. The average Bonchev–Trinajstić information content (AvgIpc) is 3.12. The number of benzene rings is 1. The second-order valence-electron chi connectivity index (χ2n) is 8.06. The van der Waals surface area contributed by atoms with Gasteiger partial charge in [0.05, 0.1) is 5.25 Å². The highest BCUT2D eigenvalue weighted by Crippen LogP contribution is 2.38. The molecule has 142 valence electrons. The van der Waals surface area contributed by atoms with Crippen LogP contribution >= 0.6 is 0 Å². The Morgan fingerprint density at radius 3 is 2.27 bits per heavy atom. The first-order chi connectivity index (χ1) is 12.3. The summed E-state index contributed by atoms with van der Waals surface area (Å²) in [4.78, 5) is 14.7. The maximum absolute atomic E-state index is 12.7. The van der Waals surface area contributed by atoms with Gasteiger partial charge in [0.1, 0.15) is 9.92 Å². The minimum Gasteiger partial charge on any atom is -0.307 e. The van der Waals surface area contributed by atoms with Crippen LogP contribution in [0.4, 0.5) is 10.5 Å². The van der Waals surface area contributed by atoms with E-state index in [1.165, 1.54) is 22.3 Å². The van der Waals surface area contributed by atoms with Gasteiger partial charge in [-0.15, -0.1) is 0 Å². The predicted molar refractivity (Wildman–Crippen MR) is 104 cm³/mol. The Bertz CT molecular complexity index is 809. The predicted octanol–water partition coefficient (Wildman–Crippen LogP) is 2.84. The summed E-state index contributed by atoms with van der Waals surface area (Å²) in [5, 5.41) is 2.68. The molecule has 1 heterocycles. The summed E-state index contributed by atoms with van der Waals surface area (Å²) >= 11 is 0. The molecule has 26 heavy (non-hydrogen) atoms. The maximum atomic E-state index is 12.7.